The summed E-state index contributed by atoms with van der Waals surface area (Å²) in [7, 11) is 1.38. The van der Waals surface area contributed by atoms with E-state index in [1.54, 1.807) is 9.80 Å². The quantitative estimate of drug-likeness (QED) is 0.927. The van der Waals surface area contributed by atoms with Crippen LogP contribution in [-0.4, -0.2) is 61.8 Å². The van der Waals surface area contributed by atoms with Gasteiger partial charge >= 0.3 is 12.1 Å². The molecule has 1 heterocycles. The van der Waals surface area contributed by atoms with Gasteiger partial charge in [-0.15, -0.1) is 0 Å². The van der Waals surface area contributed by atoms with Crippen LogP contribution in [0.15, 0.2) is 24.3 Å². The van der Waals surface area contributed by atoms with E-state index in [0.717, 1.165) is 12.8 Å². The summed E-state index contributed by atoms with van der Waals surface area (Å²) in [5.41, 5.74) is 2.45. The number of urea groups is 1. The third-order valence-electron chi connectivity index (χ3n) is 3.99. The van der Waals surface area contributed by atoms with E-state index in [0.29, 0.717) is 32.7 Å². The normalized spacial score (nSPS) is 15.0. The zero-order valence-corrected chi connectivity index (χ0v) is 13.9. The van der Waals surface area contributed by atoms with E-state index in [4.69, 9.17) is 4.74 Å². The Morgan fingerprint density at radius 1 is 1.17 bits per heavy atom. The predicted molar refractivity (Wildman–Crippen MR) is 88.4 cm³/mol. The first kappa shape index (κ1) is 17.1. The third-order valence-corrected chi connectivity index (χ3v) is 3.99. The van der Waals surface area contributed by atoms with Crippen molar-refractivity contribution in [2.75, 3.05) is 39.8 Å². The minimum atomic E-state index is -0.327. The Labute approximate surface area is 137 Å². The largest absolute Gasteiger partial charge is 0.453 e. The van der Waals surface area contributed by atoms with E-state index in [1.807, 2.05) is 6.07 Å². The van der Waals surface area contributed by atoms with Gasteiger partial charge in [-0.3, -0.25) is 0 Å². The van der Waals surface area contributed by atoms with Crippen molar-refractivity contribution in [1.82, 2.24) is 15.1 Å². The van der Waals surface area contributed by atoms with Crippen molar-refractivity contribution in [3.8, 4) is 0 Å². The lowest BCUT2D eigenvalue weighted by molar-refractivity contribution is 0.125. The highest BCUT2D eigenvalue weighted by molar-refractivity contribution is 5.74. The van der Waals surface area contributed by atoms with E-state index in [2.05, 4.69) is 30.4 Å². The number of methoxy groups -OCH3 is 1. The maximum Gasteiger partial charge on any atom is 0.409 e. The predicted octanol–water partition coefficient (Wildman–Crippen LogP) is 2.02. The van der Waals surface area contributed by atoms with Gasteiger partial charge in [-0.25, -0.2) is 9.59 Å². The number of amides is 3. The number of nitrogens with one attached hydrogen (secondary N) is 1. The number of aryl methyl sites for hydroxylation is 1. The molecule has 0 aliphatic carbocycles. The average Bonchev–Trinajstić information content (AvgIpc) is 2.80. The summed E-state index contributed by atoms with van der Waals surface area (Å²) in [5.74, 6) is 0. The molecule has 0 aromatic heterocycles. The Morgan fingerprint density at radius 2 is 1.91 bits per heavy atom. The fourth-order valence-corrected chi connectivity index (χ4v) is 2.73. The molecule has 0 bridgehead atoms. The first-order chi connectivity index (χ1) is 11.1. The topological polar surface area (TPSA) is 61.9 Å². The molecule has 1 aliphatic rings. The van der Waals surface area contributed by atoms with Gasteiger partial charge in [-0.05, 0) is 25.3 Å². The summed E-state index contributed by atoms with van der Waals surface area (Å²) in [6.45, 7) is 5.00. The van der Waals surface area contributed by atoms with Crippen molar-refractivity contribution in [2.24, 2.45) is 0 Å². The van der Waals surface area contributed by atoms with Crippen LogP contribution >= 0.6 is 0 Å². The number of nitrogens with zero attached hydrogens (tertiary/aromatic N) is 2. The van der Waals surface area contributed by atoms with Gasteiger partial charge in [-0.1, -0.05) is 29.8 Å². The van der Waals surface area contributed by atoms with Crippen LogP contribution in [0.3, 0.4) is 0 Å². The summed E-state index contributed by atoms with van der Waals surface area (Å²) in [5, 5.41) is 2.96. The van der Waals surface area contributed by atoms with Crippen molar-refractivity contribution in [3.05, 3.63) is 35.4 Å². The summed E-state index contributed by atoms with van der Waals surface area (Å²) < 4.78 is 4.73. The van der Waals surface area contributed by atoms with Crippen molar-refractivity contribution >= 4 is 12.1 Å². The molecule has 2 rings (SSSR count). The number of hydrogen-bond donors (Lipinski definition) is 1. The molecule has 6 nitrogen and oxygen atoms in total. The molecule has 0 unspecified atom stereocenters. The Balaban J connectivity index is 1.76. The molecule has 6 heteroatoms. The van der Waals surface area contributed by atoms with Gasteiger partial charge in [0.15, 0.2) is 0 Å². The molecule has 1 fully saturated rings. The van der Waals surface area contributed by atoms with Gasteiger partial charge in [0.05, 0.1) is 7.11 Å². The van der Waals surface area contributed by atoms with Crippen molar-refractivity contribution in [3.63, 3.8) is 0 Å². The zero-order chi connectivity index (χ0) is 16.7. The maximum atomic E-state index is 12.2. The monoisotopic (exact) mass is 319 g/mol. The summed E-state index contributed by atoms with van der Waals surface area (Å²) in [6, 6.07) is 8.23. The SMILES string of the molecule is COC(=O)N1CCCN(C(=O)NCCc2cccc(C)c2)CC1. The second-order valence-corrected chi connectivity index (χ2v) is 5.77. The van der Waals surface area contributed by atoms with Crippen LogP contribution in [-0.2, 0) is 11.2 Å². The van der Waals surface area contributed by atoms with Gasteiger partial charge in [0.2, 0.25) is 0 Å². The van der Waals surface area contributed by atoms with E-state index < -0.39 is 0 Å². The molecule has 1 N–H and O–H groups in total. The molecule has 0 radical (unpaired) electrons. The first-order valence-corrected chi connectivity index (χ1v) is 8.01. The number of hydrogen-bond acceptors (Lipinski definition) is 3. The van der Waals surface area contributed by atoms with Gasteiger partial charge < -0.3 is 19.9 Å². The van der Waals surface area contributed by atoms with Gasteiger partial charge in [0.25, 0.3) is 0 Å². The molecule has 1 aliphatic heterocycles. The summed E-state index contributed by atoms with van der Waals surface area (Å²) in [4.78, 5) is 27.2. The molecular formula is C17H25N3O3. The molecule has 0 saturated carbocycles. The molecule has 126 valence electrons. The lowest BCUT2D eigenvalue weighted by atomic mass is 10.1. The Hall–Kier alpha value is -2.24. The Kier molecular flexibility index (Phi) is 6.26. The number of ether oxygens (including phenoxy) is 1. The molecule has 0 spiro atoms. The first-order valence-electron chi connectivity index (χ1n) is 8.01. The van der Waals surface area contributed by atoms with Crippen LogP contribution in [0.1, 0.15) is 17.5 Å². The Morgan fingerprint density at radius 3 is 2.65 bits per heavy atom. The molecule has 3 amide bonds. The smallest absolute Gasteiger partial charge is 0.409 e. The minimum absolute atomic E-state index is 0.0654. The van der Waals surface area contributed by atoms with Crippen LogP contribution in [0.2, 0.25) is 0 Å². The van der Waals surface area contributed by atoms with Crippen LogP contribution < -0.4 is 5.32 Å². The number of rotatable bonds is 3. The molecule has 1 aromatic carbocycles. The van der Waals surface area contributed by atoms with Gasteiger partial charge in [0.1, 0.15) is 0 Å². The lowest BCUT2D eigenvalue weighted by Gasteiger charge is -2.21. The number of carbonyl (C=O) groups is 2. The van der Waals surface area contributed by atoms with Crippen molar-refractivity contribution < 1.29 is 14.3 Å². The van der Waals surface area contributed by atoms with Crippen molar-refractivity contribution in [1.29, 1.82) is 0 Å². The standard InChI is InChI=1S/C17H25N3O3/c1-14-5-3-6-15(13-14)7-8-18-16(21)19-9-4-10-20(12-11-19)17(22)23-2/h3,5-6,13H,4,7-12H2,1-2H3,(H,18,21). The fraction of sp³-hybridized carbons (Fsp3) is 0.529. The zero-order valence-electron chi connectivity index (χ0n) is 13.9. The van der Waals surface area contributed by atoms with E-state index in [9.17, 15) is 9.59 Å². The molecule has 1 aromatic rings. The van der Waals surface area contributed by atoms with Crippen LogP contribution in [0.4, 0.5) is 9.59 Å². The highest BCUT2D eigenvalue weighted by atomic mass is 16.5. The van der Waals surface area contributed by atoms with Crippen LogP contribution in [0.5, 0.6) is 0 Å². The molecular weight excluding hydrogens is 294 g/mol. The third kappa shape index (κ3) is 5.16. The summed E-state index contributed by atoms with van der Waals surface area (Å²) in [6.07, 6.45) is 1.25. The fourth-order valence-electron chi connectivity index (χ4n) is 2.73. The highest BCUT2D eigenvalue weighted by Gasteiger charge is 2.21. The minimum Gasteiger partial charge on any atom is -0.453 e. The number of carbonyl (C=O) groups excluding carboxylic acids is 2. The van der Waals surface area contributed by atoms with E-state index >= 15 is 0 Å². The van der Waals surface area contributed by atoms with Crippen LogP contribution in [0.25, 0.3) is 0 Å². The molecule has 23 heavy (non-hydrogen) atoms. The Bertz CT molecular complexity index is 548. The second kappa shape index (κ2) is 8.41. The van der Waals surface area contributed by atoms with Gasteiger partial charge in [-0.2, -0.15) is 0 Å². The second-order valence-electron chi connectivity index (χ2n) is 5.77. The molecule has 0 atom stereocenters. The highest BCUT2D eigenvalue weighted by Crippen LogP contribution is 2.06. The average molecular weight is 319 g/mol. The van der Waals surface area contributed by atoms with E-state index in [1.165, 1.54) is 18.2 Å². The van der Waals surface area contributed by atoms with Crippen molar-refractivity contribution in [2.45, 2.75) is 19.8 Å². The lowest BCUT2D eigenvalue weighted by Crippen LogP contribution is -2.43. The summed E-state index contributed by atoms with van der Waals surface area (Å²) >= 11 is 0. The van der Waals surface area contributed by atoms with E-state index in [-0.39, 0.29) is 12.1 Å². The number of benzene rings is 1. The maximum absolute atomic E-state index is 12.2. The van der Waals surface area contributed by atoms with Gasteiger partial charge in [0, 0.05) is 32.7 Å². The molecule has 1 saturated heterocycles. The van der Waals surface area contributed by atoms with Crippen LogP contribution in [0, 0.1) is 6.92 Å².